The molecule has 0 unspecified atom stereocenters. The predicted molar refractivity (Wildman–Crippen MR) is 292 cm³/mol. The van der Waals surface area contributed by atoms with Crippen molar-refractivity contribution in [3.63, 3.8) is 0 Å². The molecule has 0 radical (unpaired) electrons. The van der Waals surface area contributed by atoms with Crippen molar-refractivity contribution in [1.29, 1.82) is 0 Å². The Morgan fingerprint density at radius 3 is 1.06 bits per heavy atom. The Balaban J connectivity index is 0.000000268. The van der Waals surface area contributed by atoms with Crippen LogP contribution in [-0.4, -0.2) is 5.43 Å². The topological polar surface area (TPSA) is 0 Å². The van der Waals surface area contributed by atoms with Gasteiger partial charge in [0.2, 0.25) is 0 Å². The predicted octanol–water partition coefficient (Wildman–Crippen LogP) is 14.0. The Morgan fingerprint density at radius 2 is 0.750 bits per heavy atom. The molecule has 0 atom stereocenters. The van der Waals surface area contributed by atoms with Gasteiger partial charge in [0.1, 0.15) is 0 Å². The maximum absolute atomic E-state index is 2.52. The first-order valence-corrected chi connectivity index (χ1v) is 32.8. The van der Waals surface area contributed by atoms with Crippen LogP contribution >= 0.6 is 0 Å². The fraction of sp³-hybridized carbons (Fsp3) is 0.531. The number of fused-ring (bicyclic) bond motifs is 2. The summed E-state index contributed by atoms with van der Waals surface area (Å²) in [5.41, 5.74) is 13.0. The molecule has 68 heavy (non-hydrogen) atoms. The van der Waals surface area contributed by atoms with Gasteiger partial charge < -0.3 is 24.8 Å². The molecule has 6 aromatic carbocycles. The molecule has 2 aliphatic rings. The molecule has 0 spiro atoms. The summed E-state index contributed by atoms with van der Waals surface area (Å²) in [7, 11) is 0. The van der Waals surface area contributed by atoms with Crippen LogP contribution in [-0.2, 0) is 47.0 Å². The second-order valence-electron chi connectivity index (χ2n) is 23.2. The first-order chi connectivity index (χ1) is 31.6. The average Bonchev–Trinajstić information content (AvgIpc) is 3.94. The van der Waals surface area contributed by atoms with Gasteiger partial charge in [0, 0.05) is 0 Å². The van der Waals surface area contributed by atoms with Crippen molar-refractivity contribution >= 4 is 27.0 Å². The zero-order valence-corrected chi connectivity index (χ0v) is 49.3. The quantitative estimate of drug-likeness (QED) is 0.105. The summed E-state index contributed by atoms with van der Waals surface area (Å²) in [6.07, 6.45) is 27.9. The van der Waals surface area contributed by atoms with E-state index in [0.29, 0.717) is 10.8 Å². The third-order valence-electron chi connectivity index (χ3n) is 15.7. The molecule has 0 saturated heterocycles. The minimum absolute atomic E-state index is 0. The maximum Gasteiger partial charge on any atom is -1.00 e. The van der Waals surface area contributed by atoms with Crippen molar-refractivity contribution in [2.45, 2.75) is 208 Å². The summed E-state index contributed by atoms with van der Waals surface area (Å²) < 4.78 is 0. The van der Waals surface area contributed by atoms with E-state index in [-0.39, 0.29) is 41.1 Å². The van der Waals surface area contributed by atoms with E-state index in [1.54, 1.807) is 34.5 Å². The number of hydrogen-bond donors (Lipinski definition) is 0. The van der Waals surface area contributed by atoms with Crippen molar-refractivity contribution in [3.05, 3.63) is 131 Å². The normalized spacial score (nSPS) is 16.6. The smallest absolute Gasteiger partial charge is 1.00 e. The Kier molecular flexibility index (Phi) is 23.2. The second kappa shape index (κ2) is 27.0. The first kappa shape index (κ1) is 58.4. The van der Waals surface area contributed by atoms with Crippen LogP contribution in [0.15, 0.2) is 109 Å². The van der Waals surface area contributed by atoms with Crippen molar-refractivity contribution < 1.29 is 48.1 Å². The minimum atomic E-state index is 0. The molecule has 368 valence electrons. The Morgan fingerprint density at radius 1 is 0.456 bits per heavy atom. The summed E-state index contributed by atoms with van der Waals surface area (Å²) in [6, 6.07) is 41.8. The number of hydrogen-bond acceptors (Lipinski definition) is 0. The Labute approximate surface area is 444 Å². The second-order valence-corrected chi connectivity index (χ2v) is 32.6. The van der Waals surface area contributed by atoms with E-state index in [1.807, 2.05) is 0 Å². The summed E-state index contributed by atoms with van der Waals surface area (Å²) in [5.74, 6) is 0. The van der Waals surface area contributed by atoms with E-state index >= 15 is 0 Å². The summed E-state index contributed by atoms with van der Waals surface area (Å²) >= 11 is 1.74. The van der Waals surface area contributed by atoms with Gasteiger partial charge in [-0.05, 0) is 82.4 Å². The van der Waals surface area contributed by atoms with E-state index in [2.05, 4.69) is 178 Å². The standard InChI is InChI=1S/2C31H41.C2H6Si.2ClH.Zr/c2*1-5-31(19-12-8-6-7-9-13-20-31)23-24-21-25-15-14-17-26(28(25)22-24)27-16-10-11-18-29(27)30(2,3)4;1-3-2;;;/h2*10-11,14-18,21-22H,5-9,12-13,19-20,23H2,1-4H3;1-2H3;2*1H;/q2*-1;;;;+2/p-2. The zero-order valence-electron chi connectivity index (χ0n) is 44.3. The van der Waals surface area contributed by atoms with E-state index in [1.165, 1.54) is 183 Å². The number of benzene rings is 4. The van der Waals surface area contributed by atoms with Gasteiger partial charge in [-0.3, -0.25) is 0 Å². The Bertz CT molecular complexity index is 2260. The molecule has 0 amide bonds. The average molecular weight is 1050 g/mol. The van der Waals surface area contributed by atoms with E-state index in [0.717, 1.165) is 0 Å². The molecule has 2 aliphatic carbocycles. The van der Waals surface area contributed by atoms with Gasteiger partial charge in [-0.2, -0.15) is 12.1 Å². The number of halogens is 2. The van der Waals surface area contributed by atoms with Gasteiger partial charge in [-0.15, -0.1) is 69.1 Å². The van der Waals surface area contributed by atoms with Crippen LogP contribution in [0.3, 0.4) is 0 Å². The molecule has 0 bridgehead atoms. The summed E-state index contributed by atoms with van der Waals surface area (Å²) in [4.78, 5) is 0. The van der Waals surface area contributed by atoms with Crippen LogP contribution in [0.4, 0.5) is 0 Å². The van der Waals surface area contributed by atoms with Crippen molar-refractivity contribution in [2.75, 3.05) is 0 Å². The molecule has 8 rings (SSSR count). The SMILES string of the molecule is CCC1(Cc2cc3c(-c4ccccc4C(C)(C)C)cccc3[cH-]2)CCCCCCCC1.CCC1(Cc2cc3c(-c4ccccc4C(C)(C)C)cccc3[cH-]2)CCCCCCCC1.C[Si](C)=[Zr+2].[Cl-].[Cl-]. The first-order valence-electron chi connectivity index (χ1n) is 26.7. The van der Waals surface area contributed by atoms with E-state index in [4.69, 9.17) is 0 Å². The molecule has 0 heterocycles. The van der Waals surface area contributed by atoms with Crippen LogP contribution in [0.25, 0.3) is 43.8 Å². The van der Waals surface area contributed by atoms with Crippen LogP contribution in [0.1, 0.15) is 193 Å². The van der Waals surface area contributed by atoms with Crippen molar-refractivity contribution in [1.82, 2.24) is 0 Å². The fourth-order valence-corrected chi connectivity index (χ4v) is 11.9. The molecule has 0 aromatic heterocycles. The van der Waals surface area contributed by atoms with E-state index in [9.17, 15) is 0 Å². The van der Waals surface area contributed by atoms with Gasteiger partial charge in [0.15, 0.2) is 0 Å². The fourth-order valence-electron chi connectivity index (χ4n) is 11.9. The molecular formula is C64H88Cl2SiZr-2. The summed E-state index contributed by atoms with van der Waals surface area (Å²) in [6.45, 7) is 23.4. The third-order valence-corrected chi connectivity index (χ3v) is 15.7. The van der Waals surface area contributed by atoms with Gasteiger partial charge in [0.25, 0.3) is 0 Å². The zero-order chi connectivity index (χ0) is 47.4. The van der Waals surface area contributed by atoms with Crippen LogP contribution < -0.4 is 24.8 Å². The molecule has 6 aromatic rings. The van der Waals surface area contributed by atoms with Crippen LogP contribution in [0, 0.1) is 10.8 Å². The molecule has 4 heteroatoms. The molecular weight excluding hydrogens is 959 g/mol. The Hall–Kier alpha value is -2.22. The maximum atomic E-state index is 2.52. The largest absolute Gasteiger partial charge is 1.00 e. The molecule has 2 fully saturated rings. The molecule has 0 aliphatic heterocycles. The summed E-state index contributed by atoms with van der Waals surface area (Å²) in [5, 5.41) is 5.68. The van der Waals surface area contributed by atoms with Crippen LogP contribution in [0.2, 0.25) is 13.1 Å². The van der Waals surface area contributed by atoms with Gasteiger partial charge in [-0.1, -0.05) is 217 Å². The molecule has 0 nitrogen and oxygen atoms in total. The van der Waals surface area contributed by atoms with Gasteiger partial charge in [-0.25, -0.2) is 0 Å². The minimum Gasteiger partial charge on any atom is -1.00 e. The van der Waals surface area contributed by atoms with E-state index < -0.39 is 0 Å². The van der Waals surface area contributed by atoms with Crippen molar-refractivity contribution in [3.8, 4) is 22.3 Å². The third kappa shape index (κ3) is 15.9. The number of rotatable bonds is 8. The van der Waals surface area contributed by atoms with Crippen molar-refractivity contribution in [2.24, 2.45) is 10.8 Å². The van der Waals surface area contributed by atoms with Gasteiger partial charge in [0.05, 0.1) is 0 Å². The molecule has 0 N–H and O–H groups in total. The molecule has 2 saturated carbocycles. The van der Waals surface area contributed by atoms with Crippen LogP contribution in [0.5, 0.6) is 0 Å². The van der Waals surface area contributed by atoms with Gasteiger partial charge >= 0.3 is 41.9 Å². The monoisotopic (exact) mass is 1040 g/mol.